The largest absolute Gasteiger partial charge is 0.369 e. The number of hydrogen-bond donors (Lipinski definition) is 3. The third-order valence-corrected chi connectivity index (χ3v) is 0. The molecule has 0 aliphatic carbocycles. The molecule has 40 valence electrons. The Bertz CT molecular complexity index is 92.0. The van der Waals surface area contributed by atoms with Gasteiger partial charge in [0.2, 0.25) is 0 Å². The summed E-state index contributed by atoms with van der Waals surface area (Å²) in [7, 11) is -4.17. The first kappa shape index (κ1) is 9.27. The predicted octanol–water partition coefficient (Wildman–Crippen LogP) is -0.876. The fourth-order valence-corrected chi connectivity index (χ4v) is 0. The molecule has 0 radical (unpaired) electrons. The molecule has 0 amide bonds. The quantitative estimate of drug-likeness (QED) is 0.356. The van der Waals surface area contributed by atoms with E-state index in [4.69, 9.17) is 13.0 Å². The summed E-state index contributed by atoms with van der Waals surface area (Å²) in [5.74, 6) is 0. The predicted molar refractivity (Wildman–Crippen MR) is 21.7 cm³/mol. The fraction of sp³-hybridized carbons (Fsp3) is 0. The second-order valence-corrected chi connectivity index (χ2v) is 1.54. The summed E-state index contributed by atoms with van der Waals surface area (Å²) in [5, 5.41) is 3.88. The standard InChI is InChI=1S/H3NO3S.H3N/c1-5(2,3)4;/h(H3,1,2,3,4);1H3/p+1. The number of quaternary nitrogens is 1. The molecule has 0 aliphatic heterocycles. The van der Waals surface area contributed by atoms with Crippen molar-refractivity contribution in [3.05, 3.63) is 0 Å². The minimum Gasteiger partial charge on any atom is -0.369 e. The third kappa shape index (κ3) is 1060. The van der Waals surface area contributed by atoms with Gasteiger partial charge >= 0.3 is 10.3 Å². The average Bonchev–Trinajstić information content (AvgIpc) is 0.722. The summed E-state index contributed by atoms with van der Waals surface area (Å²) in [5.41, 5.74) is 0. The molecule has 0 aliphatic rings. The lowest BCUT2D eigenvalue weighted by atomic mass is 13.9. The van der Waals surface area contributed by atoms with Gasteiger partial charge in [-0.2, -0.15) is 8.42 Å². The third-order valence-electron chi connectivity index (χ3n) is 0. The van der Waals surface area contributed by atoms with Crippen LogP contribution in [0.25, 0.3) is 0 Å². The average molecular weight is 115 g/mol. The maximum absolute atomic E-state index is 8.97. The molecule has 0 heterocycles. The molecule has 0 bridgehead atoms. The molecule has 0 aromatic heterocycles. The minimum atomic E-state index is -4.17. The van der Waals surface area contributed by atoms with Crippen molar-refractivity contribution in [1.82, 2.24) is 6.15 Å². The Kier molecular flexibility index (Phi) is 3.22. The van der Waals surface area contributed by atoms with Gasteiger partial charge in [0.1, 0.15) is 0 Å². The van der Waals surface area contributed by atoms with E-state index in [-0.39, 0.29) is 6.15 Å². The zero-order valence-electron chi connectivity index (χ0n) is 3.25. The van der Waals surface area contributed by atoms with E-state index in [1.165, 1.54) is 0 Å². The van der Waals surface area contributed by atoms with Gasteiger partial charge in [0, 0.05) is 0 Å². The van der Waals surface area contributed by atoms with E-state index < -0.39 is 10.3 Å². The first-order valence-corrected chi connectivity index (χ1v) is 2.25. The lowest BCUT2D eigenvalue weighted by molar-refractivity contribution is 0.485. The molecule has 6 heteroatoms. The molecular formula is H7N2O3S+. The van der Waals surface area contributed by atoms with Crippen molar-refractivity contribution in [2.24, 2.45) is 5.14 Å². The molecule has 6 heavy (non-hydrogen) atoms. The highest BCUT2D eigenvalue weighted by Crippen LogP contribution is 1.50. The van der Waals surface area contributed by atoms with Gasteiger partial charge in [-0.3, -0.25) is 4.55 Å². The van der Waals surface area contributed by atoms with E-state index in [0.29, 0.717) is 0 Å². The van der Waals surface area contributed by atoms with Crippen LogP contribution >= 0.6 is 0 Å². The van der Waals surface area contributed by atoms with Crippen molar-refractivity contribution in [3.8, 4) is 0 Å². The topological polar surface area (TPSA) is 117 Å². The van der Waals surface area contributed by atoms with E-state index in [2.05, 4.69) is 5.14 Å². The Morgan fingerprint density at radius 2 is 1.50 bits per heavy atom. The molecule has 0 rings (SSSR count). The molecule has 0 spiro atoms. The van der Waals surface area contributed by atoms with Crippen molar-refractivity contribution in [2.75, 3.05) is 0 Å². The first-order chi connectivity index (χ1) is 2.00. The highest BCUT2D eigenvalue weighted by Gasteiger charge is 1.81. The SMILES string of the molecule is NS(=O)(=O)O.[NH4+]. The number of hydrogen-bond acceptors (Lipinski definition) is 2. The molecule has 0 aromatic rings. The number of nitrogens with two attached hydrogens (primary N) is 1. The van der Waals surface area contributed by atoms with Crippen molar-refractivity contribution in [2.45, 2.75) is 0 Å². The van der Waals surface area contributed by atoms with Gasteiger partial charge in [-0.1, -0.05) is 0 Å². The second-order valence-electron chi connectivity index (χ2n) is 0.515. The van der Waals surface area contributed by atoms with Crippen LogP contribution in [0.15, 0.2) is 0 Å². The van der Waals surface area contributed by atoms with E-state index in [1.807, 2.05) is 0 Å². The van der Waals surface area contributed by atoms with E-state index in [0.717, 1.165) is 0 Å². The summed E-state index contributed by atoms with van der Waals surface area (Å²) in [4.78, 5) is 0. The van der Waals surface area contributed by atoms with E-state index >= 15 is 0 Å². The van der Waals surface area contributed by atoms with Gasteiger partial charge in [0.25, 0.3) is 0 Å². The van der Waals surface area contributed by atoms with Gasteiger partial charge < -0.3 is 6.15 Å². The van der Waals surface area contributed by atoms with Crippen LogP contribution in [0, 0.1) is 0 Å². The molecule has 5 nitrogen and oxygen atoms in total. The monoisotopic (exact) mass is 115 g/mol. The minimum absolute atomic E-state index is 0. The molecule has 0 saturated carbocycles. The summed E-state index contributed by atoms with van der Waals surface area (Å²) in [6, 6.07) is 0. The van der Waals surface area contributed by atoms with Crippen LogP contribution in [0.4, 0.5) is 0 Å². The number of rotatable bonds is 0. The lowest BCUT2D eigenvalue weighted by Crippen LogP contribution is -2.08. The van der Waals surface area contributed by atoms with Crippen LogP contribution in [-0.2, 0) is 10.3 Å². The molecule has 7 N–H and O–H groups in total. The smallest absolute Gasteiger partial charge is 0.330 e. The zero-order chi connectivity index (χ0) is 4.50. The second kappa shape index (κ2) is 2.08. The Morgan fingerprint density at radius 3 is 1.50 bits per heavy atom. The van der Waals surface area contributed by atoms with Crippen molar-refractivity contribution >= 4 is 10.3 Å². The summed E-state index contributed by atoms with van der Waals surface area (Å²) in [6.45, 7) is 0. The summed E-state index contributed by atoms with van der Waals surface area (Å²) < 4.78 is 25.2. The van der Waals surface area contributed by atoms with E-state index in [9.17, 15) is 0 Å². The van der Waals surface area contributed by atoms with Gasteiger partial charge in [-0.05, 0) is 0 Å². The molecule has 0 atom stereocenters. The first-order valence-electron chi connectivity index (χ1n) is 0.752. The van der Waals surface area contributed by atoms with Crippen LogP contribution in [0.3, 0.4) is 0 Å². The van der Waals surface area contributed by atoms with Crippen LogP contribution in [0.5, 0.6) is 0 Å². The van der Waals surface area contributed by atoms with Crippen molar-refractivity contribution in [1.29, 1.82) is 0 Å². The Hall–Kier alpha value is -0.170. The van der Waals surface area contributed by atoms with Gasteiger partial charge in [0.05, 0.1) is 0 Å². The highest BCUT2D eigenvalue weighted by molar-refractivity contribution is 7.83. The molecule has 0 fully saturated rings. The van der Waals surface area contributed by atoms with Gasteiger partial charge in [-0.15, -0.1) is 0 Å². The van der Waals surface area contributed by atoms with Gasteiger partial charge in [0.15, 0.2) is 0 Å². The van der Waals surface area contributed by atoms with Crippen molar-refractivity contribution in [3.63, 3.8) is 0 Å². The lowest BCUT2D eigenvalue weighted by Gasteiger charge is -1.70. The summed E-state index contributed by atoms with van der Waals surface area (Å²) in [6.07, 6.45) is 0. The Balaban J connectivity index is 0. The van der Waals surface area contributed by atoms with Crippen molar-refractivity contribution < 1.29 is 13.0 Å². The molecular weight excluding hydrogens is 108 g/mol. The summed E-state index contributed by atoms with van der Waals surface area (Å²) >= 11 is 0. The van der Waals surface area contributed by atoms with Crippen LogP contribution in [0.2, 0.25) is 0 Å². The molecule has 0 saturated heterocycles. The fourth-order valence-electron chi connectivity index (χ4n) is 0. The van der Waals surface area contributed by atoms with Crippen LogP contribution in [0.1, 0.15) is 0 Å². The normalized spacial score (nSPS) is 9.67. The maximum atomic E-state index is 8.97. The van der Waals surface area contributed by atoms with Crippen LogP contribution < -0.4 is 11.3 Å². The Morgan fingerprint density at radius 1 is 1.50 bits per heavy atom. The Labute approximate surface area is 35.6 Å². The molecule has 0 unspecified atom stereocenters. The maximum Gasteiger partial charge on any atom is 0.330 e. The van der Waals surface area contributed by atoms with E-state index in [1.54, 1.807) is 0 Å². The van der Waals surface area contributed by atoms with Crippen LogP contribution in [-0.4, -0.2) is 13.0 Å². The zero-order valence-corrected chi connectivity index (χ0v) is 4.07. The molecule has 0 aromatic carbocycles. The van der Waals surface area contributed by atoms with Gasteiger partial charge in [-0.25, -0.2) is 5.14 Å². The highest BCUT2D eigenvalue weighted by atomic mass is 32.2.